The monoisotopic (exact) mass is 695 g/mol. The number of fused-ring (bicyclic) bond motifs is 1. The summed E-state index contributed by atoms with van der Waals surface area (Å²) in [5.41, 5.74) is 3.83. The molecule has 3 unspecified atom stereocenters. The largest absolute Gasteiger partial charge is 0.481 e. The summed E-state index contributed by atoms with van der Waals surface area (Å²) >= 11 is 2.73. The molecule has 0 bridgehead atoms. The van der Waals surface area contributed by atoms with Crippen molar-refractivity contribution in [3.8, 4) is 0 Å². The highest BCUT2D eigenvalue weighted by atomic mass is 32.2. The number of hydrogen-bond donors (Lipinski definition) is 3. The van der Waals surface area contributed by atoms with E-state index >= 15 is 0 Å². The number of carboxylic acids is 1. The normalized spacial score (nSPS) is 17.8. The van der Waals surface area contributed by atoms with Crippen LogP contribution in [0.4, 0.5) is 10.7 Å². The van der Waals surface area contributed by atoms with Gasteiger partial charge in [0.1, 0.15) is 10.3 Å². The van der Waals surface area contributed by atoms with E-state index in [2.05, 4.69) is 27.7 Å². The van der Waals surface area contributed by atoms with Gasteiger partial charge in [-0.15, -0.1) is 23.1 Å². The quantitative estimate of drug-likeness (QED) is 0.0857. The lowest BCUT2D eigenvalue weighted by Crippen LogP contribution is -2.34. The maximum absolute atomic E-state index is 14.1. The van der Waals surface area contributed by atoms with Gasteiger partial charge in [0.2, 0.25) is 11.8 Å². The molecule has 2 aliphatic rings. The Bertz CT molecular complexity index is 1860. The van der Waals surface area contributed by atoms with Crippen LogP contribution in [0, 0.1) is 11.8 Å². The maximum atomic E-state index is 14.1. The van der Waals surface area contributed by atoms with Crippen LogP contribution in [0.1, 0.15) is 50.0 Å². The number of ether oxygens (including phenoxy) is 1. The van der Waals surface area contributed by atoms with Crippen molar-refractivity contribution < 1.29 is 29.0 Å². The van der Waals surface area contributed by atoms with Crippen LogP contribution in [-0.4, -0.2) is 47.4 Å². The number of nitrogens with zero attached hydrogens (tertiary/aromatic N) is 1. The van der Waals surface area contributed by atoms with Crippen LogP contribution in [0.15, 0.2) is 102 Å². The average molecular weight is 696 g/mol. The first-order valence-electron chi connectivity index (χ1n) is 16.1. The van der Waals surface area contributed by atoms with E-state index < -0.39 is 29.0 Å². The van der Waals surface area contributed by atoms with Crippen molar-refractivity contribution in [2.45, 2.75) is 42.5 Å². The molecular formula is C38H37N3O6S2. The molecule has 1 aliphatic carbocycles. The van der Waals surface area contributed by atoms with Crippen LogP contribution < -0.4 is 10.6 Å². The fraction of sp³-hybridized carbons (Fsp3) is 0.263. The summed E-state index contributed by atoms with van der Waals surface area (Å²) in [6, 6.07) is 26.8. The summed E-state index contributed by atoms with van der Waals surface area (Å²) in [5, 5.41) is 15.4. The predicted molar refractivity (Wildman–Crippen MR) is 192 cm³/mol. The number of methoxy groups -OCH3 is 1. The first-order valence-corrected chi connectivity index (χ1v) is 17.8. The summed E-state index contributed by atoms with van der Waals surface area (Å²) in [6.07, 6.45) is 4.98. The number of carboxylic acid groups (broad SMARTS) is 1. The molecule has 0 saturated carbocycles. The Morgan fingerprint density at radius 3 is 2.37 bits per heavy atom. The molecular weight excluding hydrogens is 659 g/mol. The number of benzene rings is 3. The lowest BCUT2D eigenvalue weighted by Gasteiger charge is -2.27. The van der Waals surface area contributed by atoms with E-state index in [4.69, 9.17) is 4.74 Å². The number of anilines is 2. The molecule has 11 heteroatoms. The lowest BCUT2D eigenvalue weighted by molar-refractivity contribution is -0.146. The van der Waals surface area contributed by atoms with Crippen molar-refractivity contribution in [2.75, 3.05) is 24.3 Å². The van der Waals surface area contributed by atoms with Crippen molar-refractivity contribution in [1.29, 1.82) is 0 Å². The third-order valence-corrected chi connectivity index (χ3v) is 11.2. The van der Waals surface area contributed by atoms with Crippen LogP contribution in [0.5, 0.6) is 0 Å². The zero-order chi connectivity index (χ0) is 34.3. The number of allylic oxidation sites excluding steroid dienone is 2. The number of carbonyl (C=O) groups excluding carboxylic acids is 3. The summed E-state index contributed by atoms with van der Waals surface area (Å²) in [5.74, 6) is -3.57. The van der Waals surface area contributed by atoms with Gasteiger partial charge >= 0.3 is 11.9 Å². The Balaban J connectivity index is 1.22. The van der Waals surface area contributed by atoms with Gasteiger partial charge in [-0.05, 0) is 54.2 Å². The zero-order valence-corrected chi connectivity index (χ0v) is 28.6. The first-order chi connectivity index (χ1) is 23.8. The Hall–Kier alpha value is -4.71. The third kappa shape index (κ3) is 8.13. The topological polar surface area (TPSA) is 125 Å². The summed E-state index contributed by atoms with van der Waals surface area (Å²) in [4.78, 5) is 56.2. The molecule has 4 aromatic rings. The molecule has 3 aromatic carbocycles. The second-order valence-electron chi connectivity index (χ2n) is 12.1. The fourth-order valence-corrected chi connectivity index (χ4v) is 8.68. The van der Waals surface area contributed by atoms with Gasteiger partial charge in [-0.3, -0.25) is 19.3 Å². The minimum atomic E-state index is -0.989. The van der Waals surface area contributed by atoms with Gasteiger partial charge in [0.25, 0.3) is 0 Å². The van der Waals surface area contributed by atoms with Crippen LogP contribution in [0.2, 0.25) is 0 Å². The molecule has 2 amide bonds. The molecule has 0 radical (unpaired) electrons. The van der Waals surface area contributed by atoms with Crippen molar-refractivity contribution in [1.82, 2.24) is 4.90 Å². The number of hydrogen-bond acceptors (Lipinski definition) is 8. The Labute approximate surface area is 293 Å². The number of carbonyl (C=O) groups is 4. The van der Waals surface area contributed by atoms with E-state index in [9.17, 15) is 24.3 Å². The molecule has 3 atom stereocenters. The number of aliphatic carboxylic acids is 1. The molecule has 49 heavy (non-hydrogen) atoms. The molecule has 1 aliphatic heterocycles. The van der Waals surface area contributed by atoms with Crippen LogP contribution in [-0.2, 0) is 38.6 Å². The number of nitrogens with one attached hydrogen (secondary N) is 2. The molecule has 2 heterocycles. The van der Waals surface area contributed by atoms with Crippen LogP contribution >= 0.6 is 23.1 Å². The second-order valence-corrected chi connectivity index (χ2v) is 14.3. The minimum absolute atomic E-state index is 0.297. The molecule has 1 aromatic heterocycles. The standard InChI is InChI=1S/C38H37N3O6S2/c1-47-38(46)32-30-19-20-41(22-24-11-4-2-5-12-24)23-31(30)49-36(32)40-35(43)33(25-13-6-3-7-14-25)48-27-16-10-15-26(21-27)39-34(42)28-17-8-9-18-29(28)37(44)45/h2-16,21,28-29,33H,17-20,22-23H2,1H3,(H,39,42)(H,40,43)(H,44,45). The van der Waals surface area contributed by atoms with Crippen LogP contribution in [0.3, 0.4) is 0 Å². The highest BCUT2D eigenvalue weighted by Crippen LogP contribution is 2.41. The van der Waals surface area contributed by atoms with Crippen molar-refractivity contribution in [2.24, 2.45) is 11.8 Å². The molecule has 3 N–H and O–H groups in total. The van der Waals surface area contributed by atoms with Crippen molar-refractivity contribution in [3.63, 3.8) is 0 Å². The SMILES string of the molecule is COC(=O)c1c(NC(=O)C(Sc2cccc(NC(=O)C3CC=CCC3C(=O)O)c2)c2ccccc2)sc2c1CCN(Cc1ccccc1)C2. The van der Waals surface area contributed by atoms with Gasteiger partial charge in [-0.1, -0.05) is 78.9 Å². The van der Waals surface area contributed by atoms with E-state index in [0.29, 0.717) is 42.1 Å². The number of rotatable bonds is 11. The number of amides is 2. The second kappa shape index (κ2) is 15.7. The fourth-order valence-electron chi connectivity index (χ4n) is 6.31. The Kier molecular flexibility index (Phi) is 10.9. The Morgan fingerprint density at radius 2 is 1.65 bits per heavy atom. The Morgan fingerprint density at radius 1 is 0.939 bits per heavy atom. The smallest absolute Gasteiger partial charge is 0.341 e. The van der Waals surface area contributed by atoms with E-state index in [1.165, 1.54) is 35.8 Å². The van der Waals surface area contributed by atoms with Gasteiger partial charge in [0, 0.05) is 35.1 Å². The number of thioether (sulfide) groups is 1. The number of esters is 1. The van der Waals surface area contributed by atoms with Crippen molar-refractivity contribution in [3.05, 3.63) is 124 Å². The minimum Gasteiger partial charge on any atom is -0.481 e. The molecule has 0 fully saturated rings. The van der Waals surface area contributed by atoms with Gasteiger partial charge in [0.15, 0.2) is 0 Å². The van der Waals surface area contributed by atoms with E-state index in [0.717, 1.165) is 34.0 Å². The summed E-state index contributed by atoms with van der Waals surface area (Å²) < 4.78 is 5.18. The predicted octanol–water partition coefficient (Wildman–Crippen LogP) is 7.17. The maximum Gasteiger partial charge on any atom is 0.341 e. The van der Waals surface area contributed by atoms with Gasteiger partial charge in [-0.25, -0.2) is 4.79 Å². The highest BCUT2D eigenvalue weighted by Gasteiger charge is 2.34. The molecule has 9 nitrogen and oxygen atoms in total. The third-order valence-electron chi connectivity index (χ3n) is 8.79. The van der Waals surface area contributed by atoms with Crippen molar-refractivity contribution >= 4 is 57.5 Å². The highest BCUT2D eigenvalue weighted by molar-refractivity contribution is 8.00. The van der Waals surface area contributed by atoms with Gasteiger partial charge in [0.05, 0.1) is 24.5 Å². The van der Waals surface area contributed by atoms with Crippen LogP contribution in [0.25, 0.3) is 0 Å². The molecule has 0 spiro atoms. The lowest BCUT2D eigenvalue weighted by atomic mass is 9.82. The summed E-state index contributed by atoms with van der Waals surface area (Å²) in [7, 11) is 1.35. The van der Waals surface area contributed by atoms with E-state index in [1.54, 1.807) is 24.3 Å². The average Bonchev–Trinajstić information content (AvgIpc) is 3.48. The number of thiophene rings is 1. The van der Waals surface area contributed by atoms with E-state index in [1.807, 2.05) is 60.7 Å². The van der Waals surface area contributed by atoms with Gasteiger partial charge in [-0.2, -0.15) is 0 Å². The van der Waals surface area contributed by atoms with E-state index in [-0.39, 0.29) is 11.8 Å². The summed E-state index contributed by atoms with van der Waals surface area (Å²) in [6.45, 7) is 2.23. The molecule has 252 valence electrons. The first kappa shape index (κ1) is 34.2. The molecule has 6 rings (SSSR count). The zero-order valence-electron chi connectivity index (χ0n) is 27.0. The molecule has 0 saturated heterocycles. The van der Waals surface area contributed by atoms with Gasteiger partial charge < -0.3 is 20.5 Å².